The highest BCUT2D eigenvalue weighted by molar-refractivity contribution is 6.00. The van der Waals surface area contributed by atoms with Crippen LogP contribution in [0.2, 0.25) is 0 Å². The van der Waals surface area contributed by atoms with Crippen LogP contribution in [0.25, 0.3) is 0 Å². The molecular weight excluding hydrogens is 578 g/mol. The van der Waals surface area contributed by atoms with Crippen LogP contribution in [0.15, 0.2) is 34.3 Å². The molecule has 1 aromatic heterocycles. The number of oxime groups is 1. The topological polar surface area (TPSA) is 129 Å². The van der Waals surface area contributed by atoms with Gasteiger partial charge in [0.1, 0.15) is 17.2 Å². The van der Waals surface area contributed by atoms with E-state index in [9.17, 15) is 28.0 Å². The van der Waals surface area contributed by atoms with E-state index in [1.165, 1.54) is 16.8 Å². The fourth-order valence-electron chi connectivity index (χ4n) is 6.06. The van der Waals surface area contributed by atoms with Crippen LogP contribution in [-0.4, -0.2) is 57.9 Å². The zero-order valence-corrected chi connectivity index (χ0v) is 25.2. The van der Waals surface area contributed by atoms with Crippen LogP contribution >= 0.6 is 0 Å². The number of aromatic nitrogens is 1. The van der Waals surface area contributed by atoms with Crippen LogP contribution in [0.3, 0.4) is 0 Å². The normalized spacial score (nSPS) is 22.3. The molecule has 0 unspecified atom stereocenters. The van der Waals surface area contributed by atoms with E-state index >= 15 is 0 Å². The summed E-state index contributed by atoms with van der Waals surface area (Å²) in [6.07, 6.45) is 3.02. The van der Waals surface area contributed by atoms with Gasteiger partial charge in [0, 0.05) is 43.4 Å². The second-order valence-electron chi connectivity index (χ2n) is 12.1. The molecule has 236 valence electrons. The summed E-state index contributed by atoms with van der Waals surface area (Å²) in [4.78, 5) is 61.5. The number of fused-ring (bicyclic) bond motifs is 5. The maximum absolute atomic E-state index is 14.2. The van der Waals surface area contributed by atoms with Crippen LogP contribution < -0.4 is 15.5 Å². The van der Waals surface area contributed by atoms with Gasteiger partial charge in [0.25, 0.3) is 11.8 Å². The Labute approximate surface area is 253 Å². The fraction of sp³-hybridized carbons (Fsp3) is 0.516. The number of hydrogen-bond donors (Lipinski definition) is 1. The van der Waals surface area contributed by atoms with E-state index in [-0.39, 0.29) is 37.0 Å². The molecule has 1 N–H and O–H groups in total. The Bertz CT molecular complexity index is 1570. The number of hydrogen-bond acceptors (Lipinski definition) is 8. The lowest BCUT2D eigenvalue weighted by molar-refractivity contribution is -0.0655. The molecule has 11 nitrogen and oxygen atoms in total. The molecule has 1 fully saturated rings. The third-order valence-corrected chi connectivity index (χ3v) is 8.45. The molecule has 2 aromatic rings. The molecule has 44 heavy (non-hydrogen) atoms. The van der Waals surface area contributed by atoms with Crippen molar-refractivity contribution in [1.82, 2.24) is 14.8 Å². The summed E-state index contributed by atoms with van der Waals surface area (Å²) in [5, 5.41) is 6.66. The van der Waals surface area contributed by atoms with Gasteiger partial charge in [-0.2, -0.15) is 0 Å². The van der Waals surface area contributed by atoms with Crippen molar-refractivity contribution in [2.24, 2.45) is 11.1 Å². The van der Waals surface area contributed by atoms with Gasteiger partial charge >= 0.3 is 6.16 Å². The van der Waals surface area contributed by atoms with Gasteiger partial charge in [-0.3, -0.25) is 14.4 Å². The van der Waals surface area contributed by atoms with Gasteiger partial charge < -0.3 is 29.1 Å². The SMILES string of the molecule is CC1=NO[C@@]2(CC[C@H](C)N3C[C@H]2n2cc(C(=O)NCc4ccc(F)cc4F)c(=O)c(OC(=O)OCCCC(C)C)c2C3=O)C1. The Morgan fingerprint density at radius 1 is 1.25 bits per heavy atom. The first-order valence-corrected chi connectivity index (χ1v) is 14.8. The first-order valence-electron chi connectivity index (χ1n) is 14.8. The summed E-state index contributed by atoms with van der Waals surface area (Å²) in [6, 6.07) is 2.10. The van der Waals surface area contributed by atoms with Crippen molar-refractivity contribution >= 4 is 23.7 Å². The first kappa shape index (κ1) is 31.1. The van der Waals surface area contributed by atoms with Crippen molar-refractivity contribution in [1.29, 1.82) is 0 Å². The van der Waals surface area contributed by atoms with Gasteiger partial charge in [-0.25, -0.2) is 13.6 Å². The fourth-order valence-corrected chi connectivity index (χ4v) is 6.06. The Hall–Kier alpha value is -4.29. The average Bonchev–Trinajstić information content (AvgIpc) is 3.30. The van der Waals surface area contributed by atoms with Crippen LogP contribution in [-0.2, 0) is 16.1 Å². The van der Waals surface area contributed by atoms with E-state index < -0.39 is 58.0 Å². The van der Waals surface area contributed by atoms with Crippen molar-refractivity contribution in [3.05, 3.63) is 63.1 Å². The number of benzene rings is 1. The van der Waals surface area contributed by atoms with Crippen molar-refractivity contribution in [2.45, 2.75) is 84.0 Å². The summed E-state index contributed by atoms with van der Waals surface area (Å²) in [6.45, 7) is 7.68. The molecule has 5 rings (SSSR count). The number of rotatable bonds is 8. The van der Waals surface area contributed by atoms with Crippen LogP contribution in [0, 0.1) is 17.6 Å². The Balaban J connectivity index is 1.56. The van der Waals surface area contributed by atoms with E-state index in [2.05, 4.69) is 10.5 Å². The van der Waals surface area contributed by atoms with E-state index in [4.69, 9.17) is 14.3 Å². The number of nitrogens with one attached hydrogen (secondary N) is 1. The van der Waals surface area contributed by atoms with Crippen LogP contribution in [0.1, 0.15) is 92.3 Å². The number of pyridine rings is 1. The smallest absolute Gasteiger partial charge is 0.434 e. The standard InChI is InChI=1S/C31H36F2N4O7/c1-17(2)6-5-11-42-30(41)43-27-25-29(40)36-16-24(31(10-9-19(36)4)13-18(3)35-44-31)37(25)15-22(26(27)38)28(39)34-14-20-7-8-21(32)12-23(20)33/h7-8,12,15,17,19,24H,5-6,9-11,13-14,16H2,1-4H3,(H,34,39)/t19-,24+,31-/m0/s1. The van der Waals surface area contributed by atoms with Crippen LogP contribution in [0.5, 0.6) is 5.75 Å². The quantitative estimate of drug-likeness (QED) is 0.337. The van der Waals surface area contributed by atoms with Gasteiger partial charge in [0.15, 0.2) is 11.3 Å². The molecule has 1 saturated heterocycles. The minimum atomic E-state index is -1.19. The lowest BCUT2D eigenvalue weighted by Crippen LogP contribution is -2.52. The molecule has 0 aliphatic carbocycles. The van der Waals surface area contributed by atoms with Crippen molar-refractivity contribution in [3.63, 3.8) is 0 Å². The summed E-state index contributed by atoms with van der Waals surface area (Å²) >= 11 is 0. The number of amides is 2. The van der Waals surface area contributed by atoms with Crippen LogP contribution in [0.4, 0.5) is 13.6 Å². The number of ether oxygens (including phenoxy) is 2. The highest BCUT2D eigenvalue weighted by Crippen LogP contribution is 2.46. The molecule has 4 heterocycles. The molecule has 1 aromatic carbocycles. The van der Waals surface area contributed by atoms with Crippen molar-refractivity contribution in [2.75, 3.05) is 13.2 Å². The second kappa shape index (κ2) is 12.4. The number of nitrogens with zero attached hydrogens (tertiary/aromatic N) is 3. The number of carbonyl (C=O) groups excluding carboxylic acids is 3. The predicted octanol–water partition coefficient (Wildman–Crippen LogP) is 4.72. The predicted molar refractivity (Wildman–Crippen MR) is 155 cm³/mol. The van der Waals surface area contributed by atoms with Crippen molar-refractivity contribution in [3.8, 4) is 5.75 Å². The molecule has 3 aliphatic heterocycles. The zero-order valence-electron chi connectivity index (χ0n) is 25.2. The third-order valence-electron chi connectivity index (χ3n) is 8.45. The minimum Gasteiger partial charge on any atom is -0.434 e. The lowest BCUT2D eigenvalue weighted by atomic mass is 9.84. The second-order valence-corrected chi connectivity index (χ2v) is 12.1. The number of halogens is 2. The maximum atomic E-state index is 14.2. The summed E-state index contributed by atoms with van der Waals surface area (Å²) in [5.41, 5.74) is -1.78. The van der Waals surface area contributed by atoms with Gasteiger partial charge in [0.05, 0.1) is 18.4 Å². The molecule has 0 saturated carbocycles. The molecule has 13 heteroatoms. The Morgan fingerprint density at radius 3 is 2.70 bits per heavy atom. The third kappa shape index (κ3) is 6.04. The molecule has 1 spiro atoms. The molecule has 3 aliphatic rings. The lowest BCUT2D eigenvalue weighted by Gasteiger charge is -2.42. The average molecular weight is 615 g/mol. The monoisotopic (exact) mass is 614 g/mol. The van der Waals surface area contributed by atoms with Crippen molar-refractivity contribution < 1.29 is 37.5 Å². The largest absolute Gasteiger partial charge is 0.514 e. The Morgan fingerprint density at radius 2 is 2.02 bits per heavy atom. The maximum Gasteiger partial charge on any atom is 0.514 e. The van der Waals surface area contributed by atoms with Gasteiger partial charge in [0.2, 0.25) is 11.2 Å². The minimum absolute atomic E-state index is 0.00577. The summed E-state index contributed by atoms with van der Waals surface area (Å²) in [7, 11) is 0. The van der Waals surface area contributed by atoms with E-state index in [1.807, 2.05) is 27.7 Å². The highest BCUT2D eigenvalue weighted by Gasteiger charge is 2.54. The Kier molecular flexibility index (Phi) is 8.76. The van der Waals surface area contributed by atoms with Gasteiger partial charge in [-0.1, -0.05) is 25.1 Å². The van der Waals surface area contributed by atoms with Gasteiger partial charge in [-0.15, -0.1) is 0 Å². The van der Waals surface area contributed by atoms with E-state index in [1.54, 1.807) is 4.90 Å². The molecular formula is C31H36F2N4O7. The van der Waals surface area contributed by atoms with E-state index in [0.29, 0.717) is 37.7 Å². The van der Waals surface area contributed by atoms with Gasteiger partial charge in [-0.05, 0) is 51.5 Å². The molecule has 2 amide bonds. The molecule has 0 radical (unpaired) electrons. The molecule has 2 bridgehead atoms. The number of carbonyl (C=O) groups is 3. The zero-order chi connectivity index (χ0) is 31.8. The highest BCUT2D eigenvalue weighted by atomic mass is 19.1. The summed E-state index contributed by atoms with van der Waals surface area (Å²) in [5.74, 6) is -3.34. The molecule has 3 atom stereocenters. The van der Waals surface area contributed by atoms with E-state index in [0.717, 1.165) is 18.2 Å². The summed E-state index contributed by atoms with van der Waals surface area (Å²) < 4.78 is 39.7. The first-order chi connectivity index (χ1) is 20.9.